The van der Waals surface area contributed by atoms with E-state index in [0.717, 1.165) is 19.3 Å². The zero-order valence-electron chi connectivity index (χ0n) is 18.4. The molecular weight excluding hydrogens is 336 g/mol. The molecule has 0 aliphatic carbocycles. The van der Waals surface area contributed by atoms with Gasteiger partial charge in [0.1, 0.15) is 0 Å². The molecule has 0 fully saturated rings. The molecule has 28 heavy (non-hydrogen) atoms. The van der Waals surface area contributed by atoms with E-state index in [1.165, 1.54) is 44.5 Å². The summed E-state index contributed by atoms with van der Waals surface area (Å²) < 4.78 is 0. The Morgan fingerprint density at radius 2 is 1.43 bits per heavy atom. The van der Waals surface area contributed by atoms with Crippen molar-refractivity contribution >= 4 is 0 Å². The predicted molar refractivity (Wildman–Crippen MR) is 123 cm³/mol. The molecule has 3 aromatic rings. The molecule has 0 heteroatoms. The maximum absolute atomic E-state index is 2.42. The zero-order valence-corrected chi connectivity index (χ0v) is 18.4. The number of hydrogen-bond donors (Lipinski definition) is 0. The Labute approximate surface area is 171 Å². The van der Waals surface area contributed by atoms with Crippen LogP contribution in [0.3, 0.4) is 0 Å². The van der Waals surface area contributed by atoms with Crippen LogP contribution in [-0.4, -0.2) is 0 Å². The molecule has 0 amide bonds. The number of benzene rings is 3. The molecule has 0 aliphatic heterocycles. The summed E-state index contributed by atoms with van der Waals surface area (Å²) >= 11 is 0. The third kappa shape index (κ3) is 4.55. The second-order valence-electron chi connectivity index (χ2n) is 8.82. The molecule has 0 radical (unpaired) electrons. The van der Waals surface area contributed by atoms with Crippen molar-refractivity contribution in [3.8, 4) is 11.1 Å². The molecular formula is C28H34. The highest BCUT2D eigenvalue weighted by Crippen LogP contribution is 2.33. The molecule has 0 aliphatic rings. The minimum absolute atomic E-state index is 0.0895. The van der Waals surface area contributed by atoms with Crippen LogP contribution in [0.15, 0.2) is 60.7 Å². The van der Waals surface area contributed by atoms with E-state index in [1.54, 1.807) is 0 Å². The van der Waals surface area contributed by atoms with Gasteiger partial charge in [0.2, 0.25) is 0 Å². The normalized spacial score (nSPS) is 11.6. The van der Waals surface area contributed by atoms with Gasteiger partial charge < -0.3 is 0 Å². The van der Waals surface area contributed by atoms with Crippen molar-refractivity contribution in [3.05, 3.63) is 94.0 Å². The van der Waals surface area contributed by atoms with E-state index in [2.05, 4.69) is 102 Å². The lowest BCUT2D eigenvalue weighted by atomic mass is 9.77. The molecule has 0 heterocycles. The summed E-state index contributed by atoms with van der Waals surface area (Å²) in [7, 11) is 0. The van der Waals surface area contributed by atoms with Crippen LogP contribution in [0.5, 0.6) is 0 Å². The quantitative estimate of drug-likeness (QED) is 0.419. The van der Waals surface area contributed by atoms with Gasteiger partial charge in [0.25, 0.3) is 0 Å². The molecule has 0 N–H and O–H groups in total. The van der Waals surface area contributed by atoms with Crippen LogP contribution in [0.25, 0.3) is 11.1 Å². The summed E-state index contributed by atoms with van der Waals surface area (Å²) in [5.74, 6) is 0. The topological polar surface area (TPSA) is 0 Å². The van der Waals surface area contributed by atoms with Crippen LogP contribution in [0, 0.1) is 13.8 Å². The average Bonchev–Trinajstić information content (AvgIpc) is 2.67. The van der Waals surface area contributed by atoms with Crippen molar-refractivity contribution in [1.82, 2.24) is 0 Å². The molecule has 0 saturated carbocycles. The Balaban J connectivity index is 1.98. The molecule has 0 bridgehead atoms. The highest BCUT2D eigenvalue weighted by atomic mass is 14.3. The fourth-order valence-corrected chi connectivity index (χ4v) is 4.15. The predicted octanol–water partition coefficient (Wildman–Crippen LogP) is 7.62. The summed E-state index contributed by atoms with van der Waals surface area (Å²) in [4.78, 5) is 0. The average molecular weight is 371 g/mol. The van der Waals surface area contributed by atoms with Gasteiger partial charge in [0.05, 0.1) is 0 Å². The van der Waals surface area contributed by atoms with Crippen molar-refractivity contribution in [2.24, 2.45) is 0 Å². The first kappa shape index (κ1) is 20.4. The lowest BCUT2D eigenvalue weighted by Gasteiger charge is -2.27. The summed E-state index contributed by atoms with van der Waals surface area (Å²) in [5.41, 5.74) is 11.2. The van der Waals surface area contributed by atoms with Gasteiger partial charge in [-0.1, -0.05) is 93.9 Å². The minimum atomic E-state index is 0.0895. The first-order valence-electron chi connectivity index (χ1n) is 10.6. The standard InChI is InChI=1S/C28H34/c1-7-22-10-9-11-24(16-22)19-28(5,6)26-13-12-21(4)27(18-26)25-15-20(3)14-23(8-2)17-25/h9-18H,7-8,19H2,1-6H3. The number of rotatable bonds is 6. The second kappa shape index (κ2) is 8.35. The van der Waals surface area contributed by atoms with Crippen LogP contribution in [0.1, 0.15) is 61.1 Å². The number of aryl methyl sites for hydroxylation is 4. The smallest absolute Gasteiger partial charge is 0.00630 e. The lowest BCUT2D eigenvalue weighted by molar-refractivity contribution is 0.522. The molecule has 3 rings (SSSR count). The van der Waals surface area contributed by atoms with Gasteiger partial charge in [0, 0.05) is 0 Å². The minimum Gasteiger partial charge on any atom is -0.0617 e. The monoisotopic (exact) mass is 370 g/mol. The van der Waals surface area contributed by atoms with Gasteiger partial charge in [0.15, 0.2) is 0 Å². The Hall–Kier alpha value is -2.34. The van der Waals surface area contributed by atoms with Crippen molar-refractivity contribution < 1.29 is 0 Å². The van der Waals surface area contributed by atoms with Gasteiger partial charge in [-0.3, -0.25) is 0 Å². The van der Waals surface area contributed by atoms with Crippen molar-refractivity contribution in [2.75, 3.05) is 0 Å². The first-order valence-corrected chi connectivity index (χ1v) is 10.6. The van der Waals surface area contributed by atoms with E-state index < -0.39 is 0 Å². The van der Waals surface area contributed by atoms with E-state index in [0.29, 0.717) is 0 Å². The van der Waals surface area contributed by atoms with Gasteiger partial charge in [-0.15, -0.1) is 0 Å². The first-order chi connectivity index (χ1) is 13.3. The molecule has 0 spiro atoms. The van der Waals surface area contributed by atoms with Crippen LogP contribution in [-0.2, 0) is 24.7 Å². The third-order valence-electron chi connectivity index (χ3n) is 5.92. The maximum atomic E-state index is 2.42. The van der Waals surface area contributed by atoms with Crippen LogP contribution >= 0.6 is 0 Å². The van der Waals surface area contributed by atoms with Crippen LogP contribution in [0.2, 0.25) is 0 Å². The maximum Gasteiger partial charge on any atom is -0.00630 e. The van der Waals surface area contributed by atoms with Crippen LogP contribution in [0.4, 0.5) is 0 Å². The molecule has 0 unspecified atom stereocenters. The Morgan fingerprint density at radius 1 is 0.714 bits per heavy atom. The Bertz CT molecular complexity index is 960. The highest BCUT2D eigenvalue weighted by Gasteiger charge is 2.22. The van der Waals surface area contributed by atoms with Crippen molar-refractivity contribution in [1.29, 1.82) is 0 Å². The molecule has 0 nitrogen and oxygen atoms in total. The molecule has 146 valence electrons. The zero-order chi connectivity index (χ0) is 20.3. The summed E-state index contributed by atoms with van der Waals surface area (Å²) in [6, 6.07) is 23.1. The van der Waals surface area contributed by atoms with E-state index >= 15 is 0 Å². The van der Waals surface area contributed by atoms with Crippen LogP contribution < -0.4 is 0 Å². The van der Waals surface area contributed by atoms with Crippen molar-refractivity contribution in [3.63, 3.8) is 0 Å². The molecule has 3 aromatic carbocycles. The fourth-order valence-electron chi connectivity index (χ4n) is 4.15. The SMILES string of the molecule is CCc1cccc(CC(C)(C)c2ccc(C)c(-c3cc(C)cc(CC)c3)c2)c1. The third-order valence-corrected chi connectivity index (χ3v) is 5.92. The summed E-state index contributed by atoms with van der Waals surface area (Å²) in [6.07, 6.45) is 3.22. The van der Waals surface area contributed by atoms with Crippen molar-refractivity contribution in [2.45, 2.75) is 66.2 Å². The Morgan fingerprint density at radius 3 is 2.14 bits per heavy atom. The molecule has 0 saturated heterocycles. The van der Waals surface area contributed by atoms with Gasteiger partial charge in [-0.25, -0.2) is 0 Å². The lowest BCUT2D eigenvalue weighted by Crippen LogP contribution is -2.20. The van der Waals surface area contributed by atoms with E-state index in [4.69, 9.17) is 0 Å². The van der Waals surface area contributed by atoms with E-state index in [-0.39, 0.29) is 5.41 Å². The highest BCUT2D eigenvalue weighted by molar-refractivity contribution is 5.70. The number of hydrogen-bond acceptors (Lipinski definition) is 0. The van der Waals surface area contributed by atoms with E-state index in [1.807, 2.05) is 0 Å². The van der Waals surface area contributed by atoms with Gasteiger partial charge in [-0.2, -0.15) is 0 Å². The Kier molecular flexibility index (Phi) is 6.08. The summed E-state index contributed by atoms with van der Waals surface area (Å²) in [5, 5.41) is 0. The summed E-state index contributed by atoms with van der Waals surface area (Å²) in [6.45, 7) is 13.6. The molecule has 0 atom stereocenters. The molecule has 0 aromatic heterocycles. The van der Waals surface area contributed by atoms with Gasteiger partial charge >= 0.3 is 0 Å². The van der Waals surface area contributed by atoms with Gasteiger partial charge in [-0.05, 0) is 77.5 Å². The second-order valence-corrected chi connectivity index (χ2v) is 8.82. The largest absolute Gasteiger partial charge is 0.0617 e. The fraction of sp³-hybridized carbons (Fsp3) is 0.357. The van der Waals surface area contributed by atoms with E-state index in [9.17, 15) is 0 Å².